The van der Waals surface area contributed by atoms with Crippen molar-refractivity contribution >= 4 is 46.7 Å². The second-order valence-corrected chi connectivity index (χ2v) is 6.32. The molecule has 3 N–H and O–H groups in total. The standard InChI is InChI=1S/C16H22Cl2N4O3/c1-3-4-7-19-16(25)21-15(24)10-22(2)9-14(23)20-11-5-6-12(17)13(18)8-11/h5-6,8H,3-4,7,9-10H2,1-2H3,(H,20,23)(H2,19,21,24,25). The van der Waals surface area contributed by atoms with Crippen LogP contribution in [0.5, 0.6) is 0 Å². The number of amides is 4. The van der Waals surface area contributed by atoms with E-state index in [1.54, 1.807) is 19.2 Å². The number of imide groups is 1. The van der Waals surface area contributed by atoms with Gasteiger partial charge in [-0.3, -0.25) is 19.8 Å². The van der Waals surface area contributed by atoms with Crippen LogP contribution < -0.4 is 16.0 Å². The van der Waals surface area contributed by atoms with Crippen LogP contribution >= 0.6 is 23.2 Å². The smallest absolute Gasteiger partial charge is 0.321 e. The summed E-state index contributed by atoms with van der Waals surface area (Å²) in [5.41, 5.74) is 0.507. The number of nitrogens with one attached hydrogen (secondary N) is 3. The van der Waals surface area contributed by atoms with E-state index in [4.69, 9.17) is 23.2 Å². The SMILES string of the molecule is CCCCNC(=O)NC(=O)CN(C)CC(=O)Nc1ccc(Cl)c(Cl)c1. The Hall–Kier alpha value is -1.83. The van der Waals surface area contributed by atoms with Crippen molar-refractivity contribution in [3.8, 4) is 0 Å². The zero-order chi connectivity index (χ0) is 18.8. The number of halogens is 2. The summed E-state index contributed by atoms with van der Waals surface area (Å²) in [6.45, 7) is 2.40. The molecule has 0 aliphatic rings. The van der Waals surface area contributed by atoms with E-state index in [0.717, 1.165) is 12.8 Å². The summed E-state index contributed by atoms with van der Waals surface area (Å²) in [5.74, 6) is -0.806. The average Bonchev–Trinajstić information content (AvgIpc) is 2.50. The van der Waals surface area contributed by atoms with Crippen molar-refractivity contribution in [2.24, 2.45) is 0 Å². The van der Waals surface area contributed by atoms with Crippen molar-refractivity contribution in [2.75, 3.05) is 32.0 Å². The third-order valence-electron chi connectivity index (χ3n) is 3.10. The first-order chi connectivity index (χ1) is 11.8. The van der Waals surface area contributed by atoms with Crippen molar-refractivity contribution in [3.63, 3.8) is 0 Å². The van der Waals surface area contributed by atoms with Crippen molar-refractivity contribution in [1.82, 2.24) is 15.5 Å². The number of unbranched alkanes of at least 4 members (excludes halogenated alkanes) is 1. The third kappa shape index (κ3) is 8.72. The fraction of sp³-hybridized carbons (Fsp3) is 0.438. The molecule has 0 saturated heterocycles. The second kappa shape index (κ2) is 10.9. The zero-order valence-corrected chi connectivity index (χ0v) is 15.7. The number of nitrogens with zero attached hydrogens (tertiary/aromatic N) is 1. The van der Waals surface area contributed by atoms with Gasteiger partial charge in [0.1, 0.15) is 0 Å². The van der Waals surface area contributed by atoms with Crippen LogP contribution in [-0.4, -0.2) is 49.4 Å². The van der Waals surface area contributed by atoms with E-state index in [1.165, 1.54) is 11.0 Å². The van der Waals surface area contributed by atoms with E-state index in [9.17, 15) is 14.4 Å². The van der Waals surface area contributed by atoms with Crippen molar-refractivity contribution in [1.29, 1.82) is 0 Å². The Bertz CT molecular complexity index is 625. The van der Waals surface area contributed by atoms with Crippen LogP contribution in [0, 0.1) is 0 Å². The van der Waals surface area contributed by atoms with Gasteiger partial charge in [-0.2, -0.15) is 0 Å². The number of anilines is 1. The Kier molecular flexibility index (Phi) is 9.26. The van der Waals surface area contributed by atoms with Gasteiger partial charge in [0.2, 0.25) is 11.8 Å². The van der Waals surface area contributed by atoms with Crippen molar-refractivity contribution in [2.45, 2.75) is 19.8 Å². The number of rotatable bonds is 8. The largest absolute Gasteiger partial charge is 0.338 e. The third-order valence-corrected chi connectivity index (χ3v) is 3.84. The van der Waals surface area contributed by atoms with Gasteiger partial charge in [-0.25, -0.2) is 4.79 Å². The summed E-state index contributed by atoms with van der Waals surface area (Å²) in [5, 5.41) is 8.17. The van der Waals surface area contributed by atoms with E-state index in [1.807, 2.05) is 6.92 Å². The van der Waals surface area contributed by atoms with Gasteiger partial charge in [-0.05, 0) is 31.7 Å². The maximum absolute atomic E-state index is 12.0. The van der Waals surface area contributed by atoms with Crippen LogP contribution in [0.4, 0.5) is 10.5 Å². The molecule has 0 spiro atoms. The molecule has 25 heavy (non-hydrogen) atoms. The van der Waals surface area contributed by atoms with Crippen LogP contribution in [0.1, 0.15) is 19.8 Å². The van der Waals surface area contributed by atoms with Gasteiger partial charge in [0.25, 0.3) is 0 Å². The van der Waals surface area contributed by atoms with Gasteiger partial charge >= 0.3 is 6.03 Å². The van der Waals surface area contributed by atoms with Crippen LogP contribution in [0.2, 0.25) is 10.0 Å². The summed E-state index contributed by atoms with van der Waals surface area (Å²) in [6.07, 6.45) is 1.79. The number of hydrogen-bond acceptors (Lipinski definition) is 4. The van der Waals surface area contributed by atoms with Crippen LogP contribution in [0.15, 0.2) is 18.2 Å². The highest BCUT2D eigenvalue weighted by Gasteiger charge is 2.13. The Labute approximate surface area is 157 Å². The predicted molar refractivity (Wildman–Crippen MR) is 99.0 cm³/mol. The zero-order valence-electron chi connectivity index (χ0n) is 14.2. The molecule has 1 rings (SSSR count). The highest BCUT2D eigenvalue weighted by Crippen LogP contribution is 2.24. The predicted octanol–water partition coefficient (Wildman–Crippen LogP) is 2.49. The van der Waals surface area contributed by atoms with Crippen molar-refractivity contribution in [3.05, 3.63) is 28.2 Å². The Morgan fingerprint density at radius 1 is 1.08 bits per heavy atom. The summed E-state index contributed by atoms with van der Waals surface area (Å²) in [7, 11) is 1.60. The molecule has 1 aromatic rings. The van der Waals surface area contributed by atoms with E-state index >= 15 is 0 Å². The van der Waals surface area contributed by atoms with Crippen LogP contribution in [0.3, 0.4) is 0 Å². The molecule has 7 nitrogen and oxygen atoms in total. The lowest BCUT2D eigenvalue weighted by molar-refractivity contribution is -0.122. The molecule has 0 aromatic heterocycles. The van der Waals surface area contributed by atoms with Gasteiger partial charge in [-0.15, -0.1) is 0 Å². The average molecular weight is 389 g/mol. The molecule has 0 atom stereocenters. The normalized spacial score (nSPS) is 10.4. The molecule has 9 heteroatoms. The molecule has 4 amide bonds. The quantitative estimate of drug-likeness (QED) is 0.596. The van der Waals surface area contributed by atoms with E-state index in [-0.39, 0.29) is 19.0 Å². The monoisotopic (exact) mass is 388 g/mol. The topological polar surface area (TPSA) is 90.5 Å². The molecule has 0 fully saturated rings. The molecule has 0 aliphatic heterocycles. The number of hydrogen-bond donors (Lipinski definition) is 3. The van der Waals surface area contributed by atoms with Crippen molar-refractivity contribution < 1.29 is 14.4 Å². The number of benzene rings is 1. The number of carbonyl (C=O) groups excluding carboxylic acids is 3. The minimum absolute atomic E-state index is 0.0227. The fourth-order valence-electron chi connectivity index (χ4n) is 1.91. The maximum atomic E-state index is 12.0. The lowest BCUT2D eigenvalue weighted by Gasteiger charge is -2.16. The molecular formula is C16H22Cl2N4O3. The number of carbonyl (C=O) groups is 3. The first kappa shape index (κ1) is 21.2. The van der Waals surface area contributed by atoms with Gasteiger partial charge in [-0.1, -0.05) is 36.5 Å². The molecule has 0 saturated carbocycles. The first-order valence-corrected chi connectivity index (χ1v) is 8.58. The lowest BCUT2D eigenvalue weighted by atomic mass is 10.3. The minimum atomic E-state index is -0.535. The first-order valence-electron chi connectivity index (χ1n) is 7.83. The molecule has 0 aliphatic carbocycles. The van der Waals surface area contributed by atoms with Gasteiger partial charge in [0, 0.05) is 12.2 Å². The molecule has 0 radical (unpaired) electrons. The number of urea groups is 1. The van der Waals surface area contributed by atoms with E-state index < -0.39 is 11.9 Å². The minimum Gasteiger partial charge on any atom is -0.338 e. The molecule has 138 valence electrons. The number of likely N-dealkylation sites (N-methyl/N-ethyl adjacent to an activating group) is 1. The Morgan fingerprint density at radius 2 is 1.76 bits per heavy atom. The van der Waals surface area contributed by atoms with Crippen LogP contribution in [-0.2, 0) is 9.59 Å². The Morgan fingerprint density at radius 3 is 2.40 bits per heavy atom. The van der Waals surface area contributed by atoms with Crippen LogP contribution in [0.25, 0.3) is 0 Å². The molecule has 0 heterocycles. The van der Waals surface area contributed by atoms with E-state index in [2.05, 4.69) is 16.0 Å². The lowest BCUT2D eigenvalue weighted by Crippen LogP contribution is -2.45. The van der Waals surface area contributed by atoms with E-state index in [0.29, 0.717) is 22.3 Å². The second-order valence-electron chi connectivity index (χ2n) is 5.51. The van der Waals surface area contributed by atoms with Gasteiger partial charge in [0.05, 0.1) is 23.1 Å². The molecular weight excluding hydrogens is 367 g/mol. The summed E-state index contributed by atoms with van der Waals surface area (Å²) in [6, 6.07) is 4.20. The highest BCUT2D eigenvalue weighted by atomic mass is 35.5. The molecule has 1 aromatic carbocycles. The summed E-state index contributed by atoms with van der Waals surface area (Å²) < 4.78 is 0. The molecule has 0 bridgehead atoms. The summed E-state index contributed by atoms with van der Waals surface area (Å²) in [4.78, 5) is 36.7. The highest BCUT2D eigenvalue weighted by molar-refractivity contribution is 6.42. The van der Waals surface area contributed by atoms with Gasteiger partial charge in [0.15, 0.2) is 0 Å². The maximum Gasteiger partial charge on any atom is 0.321 e. The fourth-order valence-corrected chi connectivity index (χ4v) is 2.21. The summed E-state index contributed by atoms with van der Waals surface area (Å²) >= 11 is 11.7. The molecule has 0 unspecified atom stereocenters. The Balaban J connectivity index is 2.35. The van der Waals surface area contributed by atoms with Gasteiger partial charge < -0.3 is 10.6 Å².